The van der Waals surface area contributed by atoms with Crippen LogP contribution in [0.25, 0.3) is 0 Å². The van der Waals surface area contributed by atoms with Crippen molar-refractivity contribution in [2.24, 2.45) is 5.92 Å². The fourth-order valence-electron chi connectivity index (χ4n) is 4.62. The molecule has 0 radical (unpaired) electrons. The number of rotatable bonds is 6. The smallest absolute Gasteiger partial charge is 0.317 e. The molecule has 0 aliphatic carbocycles. The highest BCUT2D eigenvalue weighted by Crippen LogP contribution is 2.23. The molecule has 1 atom stereocenters. The highest BCUT2D eigenvalue weighted by molar-refractivity contribution is 5.74. The first-order valence-corrected chi connectivity index (χ1v) is 11.3. The van der Waals surface area contributed by atoms with Gasteiger partial charge >= 0.3 is 6.03 Å². The van der Waals surface area contributed by atoms with E-state index in [2.05, 4.69) is 34.5 Å². The SMILES string of the molecule is O=C(NC[C@@H](c1ccc(F)cc1)N1CCOCC1)N1CCC(Cc2ccccc2)CC1. The summed E-state index contributed by atoms with van der Waals surface area (Å²) >= 11 is 0. The van der Waals surface area contributed by atoms with E-state index >= 15 is 0 Å². The maximum atomic E-state index is 13.4. The van der Waals surface area contributed by atoms with Gasteiger partial charge in [0.2, 0.25) is 0 Å². The topological polar surface area (TPSA) is 44.8 Å². The third-order valence-electron chi connectivity index (χ3n) is 6.46. The molecule has 0 unspecified atom stereocenters. The van der Waals surface area contributed by atoms with Crippen LogP contribution >= 0.6 is 0 Å². The fraction of sp³-hybridized carbons (Fsp3) is 0.480. The van der Waals surface area contributed by atoms with E-state index in [4.69, 9.17) is 4.74 Å². The second kappa shape index (κ2) is 10.7. The molecule has 2 fully saturated rings. The van der Waals surface area contributed by atoms with Crippen LogP contribution < -0.4 is 5.32 Å². The van der Waals surface area contributed by atoms with Gasteiger partial charge in [0.15, 0.2) is 0 Å². The zero-order chi connectivity index (χ0) is 21.5. The summed E-state index contributed by atoms with van der Waals surface area (Å²) < 4.78 is 18.9. The molecule has 2 heterocycles. The van der Waals surface area contributed by atoms with Crippen LogP contribution in [0.1, 0.15) is 30.0 Å². The maximum Gasteiger partial charge on any atom is 0.317 e. The molecule has 2 amide bonds. The summed E-state index contributed by atoms with van der Waals surface area (Å²) in [6.45, 7) is 5.07. The summed E-state index contributed by atoms with van der Waals surface area (Å²) in [7, 11) is 0. The molecule has 2 aromatic rings. The number of nitrogens with zero attached hydrogens (tertiary/aromatic N) is 2. The number of benzene rings is 2. The second-order valence-corrected chi connectivity index (χ2v) is 8.52. The summed E-state index contributed by atoms with van der Waals surface area (Å²) in [6, 6.07) is 17.2. The van der Waals surface area contributed by atoms with E-state index in [-0.39, 0.29) is 17.9 Å². The van der Waals surface area contributed by atoms with Crippen molar-refractivity contribution in [3.8, 4) is 0 Å². The van der Waals surface area contributed by atoms with Gasteiger partial charge in [-0.05, 0) is 48.4 Å². The second-order valence-electron chi connectivity index (χ2n) is 8.52. The van der Waals surface area contributed by atoms with Gasteiger partial charge in [0.05, 0.1) is 19.3 Å². The largest absolute Gasteiger partial charge is 0.379 e. The Kier molecular flexibility index (Phi) is 7.54. The van der Waals surface area contributed by atoms with E-state index in [1.807, 2.05) is 23.1 Å². The monoisotopic (exact) mass is 425 g/mol. The summed E-state index contributed by atoms with van der Waals surface area (Å²) in [6.07, 6.45) is 3.15. The lowest BCUT2D eigenvalue weighted by Crippen LogP contribution is -2.48. The van der Waals surface area contributed by atoms with Crippen LogP contribution in [0.3, 0.4) is 0 Å². The number of hydrogen-bond acceptors (Lipinski definition) is 3. The molecule has 2 saturated heterocycles. The van der Waals surface area contributed by atoms with Crippen molar-refractivity contribution >= 4 is 6.03 Å². The molecule has 5 nitrogen and oxygen atoms in total. The van der Waals surface area contributed by atoms with Gasteiger partial charge in [0.1, 0.15) is 5.82 Å². The number of urea groups is 1. The number of amides is 2. The zero-order valence-electron chi connectivity index (χ0n) is 18.0. The predicted molar refractivity (Wildman–Crippen MR) is 119 cm³/mol. The highest BCUT2D eigenvalue weighted by Gasteiger charge is 2.26. The first kappa shape index (κ1) is 21.8. The van der Waals surface area contributed by atoms with Gasteiger partial charge in [-0.25, -0.2) is 9.18 Å². The van der Waals surface area contributed by atoms with E-state index in [1.54, 1.807) is 0 Å². The van der Waals surface area contributed by atoms with Crippen LogP contribution in [0, 0.1) is 11.7 Å². The summed E-state index contributed by atoms with van der Waals surface area (Å²) in [5, 5.41) is 3.14. The molecule has 166 valence electrons. The number of ether oxygens (including phenoxy) is 1. The quantitative estimate of drug-likeness (QED) is 0.764. The summed E-state index contributed by atoms with van der Waals surface area (Å²) in [5.74, 6) is 0.388. The Bertz CT molecular complexity index is 816. The number of carbonyl (C=O) groups excluding carboxylic acids is 1. The van der Waals surface area contributed by atoms with E-state index in [0.717, 1.165) is 51.0 Å². The molecule has 0 bridgehead atoms. The Hall–Kier alpha value is -2.44. The average Bonchev–Trinajstić information content (AvgIpc) is 2.82. The van der Waals surface area contributed by atoms with Gasteiger partial charge in [-0.3, -0.25) is 4.90 Å². The lowest BCUT2D eigenvalue weighted by Gasteiger charge is -2.36. The minimum Gasteiger partial charge on any atom is -0.379 e. The zero-order valence-corrected chi connectivity index (χ0v) is 18.0. The van der Waals surface area contributed by atoms with Crippen molar-refractivity contribution in [1.82, 2.24) is 15.1 Å². The first-order chi connectivity index (χ1) is 15.2. The predicted octanol–water partition coefficient (Wildman–Crippen LogP) is 3.86. The molecular weight excluding hydrogens is 393 g/mol. The van der Waals surface area contributed by atoms with Crippen molar-refractivity contribution in [3.05, 3.63) is 71.5 Å². The number of likely N-dealkylation sites (tertiary alicyclic amines) is 1. The number of nitrogens with one attached hydrogen (secondary N) is 1. The van der Waals surface area contributed by atoms with Crippen molar-refractivity contribution in [1.29, 1.82) is 0 Å². The number of hydrogen-bond donors (Lipinski definition) is 1. The molecule has 0 aromatic heterocycles. The third kappa shape index (κ3) is 6.05. The van der Waals surface area contributed by atoms with Crippen molar-refractivity contribution in [2.45, 2.75) is 25.3 Å². The molecule has 2 aromatic carbocycles. The Morgan fingerprint density at radius 3 is 2.35 bits per heavy atom. The van der Waals surface area contributed by atoms with Gasteiger partial charge in [-0.2, -0.15) is 0 Å². The van der Waals surface area contributed by atoms with Crippen LogP contribution in [0.5, 0.6) is 0 Å². The van der Waals surface area contributed by atoms with Gasteiger partial charge in [-0.1, -0.05) is 42.5 Å². The molecule has 6 heteroatoms. The fourth-order valence-corrected chi connectivity index (χ4v) is 4.62. The Morgan fingerprint density at radius 2 is 1.68 bits per heavy atom. The van der Waals surface area contributed by atoms with E-state index < -0.39 is 0 Å². The summed E-state index contributed by atoms with van der Waals surface area (Å²) in [4.78, 5) is 17.1. The average molecular weight is 426 g/mol. The highest BCUT2D eigenvalue weighted by atomic mass is 19.1. The number of morpholine rings is 1. The Balaban J connectivity index is 1.30. The van der Waals surface area contributed by atoms with E-state index in [1.165, 1.54) is 17.7 Å². The Morgan fingerprint density at radius 1 is 1.00 bits per heavy atom. The number of halogens is 1. The molecular formula is C25H32FN3O2. The van der Waals surface area contributed by atoms with Crippen molar-refractivity contribution < 1.29 is 13.9 Å². The maximum absolute atomic E-state index is 13.4. The molecule has 0 saturated carbocycles. The van der Waals surface area contributed by atoms with E-state index in [9.17, 15) is 9.18 Å². The van der Waals surface area contributed by atoms with Gasteiger partial charge < -0.3 is 15.0 Å². The van der Waals surface area contributed by atoms with Crippen LogP contribution in [-0.2, 0) is 11.2 Å². The van der Waals surface area contributed by atoms with Crippen LogP contribution in [0.15, 0.2) is 54.6 Å². The normalized spacial score (nSPS) is 19.2. The molecule has 2 aliphatic rings. The van der Waals surface area contributed by atoms with E-state index in [0.29, 0.717) is 25.7 Å². The van der Waals surface area contributed by atoms with Crippen LogP contribution in [-0.4, -0.2) is 61.8 Å². The minimum absolute atomic E-state index is 0.00136. The molecule has 31 heavy (non-hydrogen) atoms. The molecule has 1 N–H and O–H groups in total. The van der Waals surface area contributed by atoms with Crippen LogP contribution in [0.4, 0.5) is 9.18 Å². The number of piperidine rings is 1. The first-order valence-electron chi connectivity index (χ1n) is 11.3. The third-order valence-corrected chi connectivity index (χ3v) is 6.46. The molecule has 2 aliphatic heterocycles. The number of carbonyl (C=O) groups is 1. The minimum atomic E-state index is -0.244. The molecule has 0 spiro atoms. The Labute approximate surface area is 184 Å². The van der Waals surface area contributed by atoms with Gasteiger partial charge in [-0.15, -0.1) is 0 Å². The molecule has 4 rings (SSSR count). The van der Waals surface area contributed by atoms with Gasteiger partial charge in [0.25, 0.3) is 0 Å². The van der Waals surface area contributed by atoms with Crippen molar-refractivity contribution in [2.75, 3.05) is 45.9 Å². The lowest BCUT2D eigenvalue weighted by molar-refractivity contribution is 0.0164. The lowest BCUT2D eigenvalue weighted by atomic mass is 9.90. The van der Waals surface area contributed by atoms with Crippen molar-refractivity contribution in [3.63, 3.8) is 0 Å². The summed E-state index contributed by atoms with van der Waals surface area (Å²) in [5.41, 5.74) is 2.39. The van der Waals surface area contributed by atoms with Gasteiger partial charge in [0, 0.05) is 32.7 Å². The van der Waals surface area contributed by atoms with Crippen LogP contribution in [0.2, 0.25) is 0 Å². The standard InChI is InChI=1S/C25H32FN3O2/c26-23-8-6-22(7-9-23)24(28-14-16-31-17-15-28)19-27-25(30)29-12-10-21(11-13-29)18-20-4-2-1-3-5-20/h1-9,21,24H,10-19H2,(H,27,30)/t24-/m0/s1.